The summed E-state index contributed by atoms with van der Waals surface area (Å²) < 4.78 is 13.0. The van der Waals surface area contributed by atoms with Crippen molar-refractivity contribution in [2.75, 3.05) is 7.11 Å². The van der Waals surface area contributed by atoms with E-state index in [-0.39, 0.29) is 17.7 Å². The van der Waals surface area contributed by atoms with Crippen LogP contribution in [-0.2, 0) is 6.54 Å². The molecule has 8 heteroatoms. The van der Waals surface area contributed by atoms with Gasteiger partial charge in [0.2, 0.25) is 0 Å². The summed E-state index contributed by atoms with van der Waals surface area (Å²) >= 11 is 0. The molecule has 8 nitrogen and oxygen atoms in total. The number of aromatic amines is 1. The Morgan fingerprint density at radius 3 is 2.88 bits per heavy atom. The van der Waals surface area contributed by atoms with Gasteiger partial charge < -0.3 is 14.1 Å². The van der Waals surface area contributed by atoms with Crippen LogP contribution in [0.1, 0.15) is 5.76 Å². The number of nitrogens with one attached hydrogen (secondary N) is 1. The molecule has 0 aliphatic heterocycles. The predicted octanol–water partition coefficient (Wildman–Crippen LogP) is 1.53. The summed E-state index contributed by atoms with van der Waals surface area (Å²) in [6.07, 6.45) is 2.88. The van der Waals surface area contributed by atoms with Crippen LogP contribution < -0.4 is 16.0 Å². The van der Waals surface area contributed by atoms with Gasteiger partial charge in [-0.2, -0.15) is 0 Å². The standard InChI is InChI=1S/C17H14N4O4/c1-24-12-5-2-4-11(8-12)21-15-14(18-10-19-15)16(22)20(17(21)23)9-13-6-3-7-25-13/h2-8,10H,9H2,1H3,(H,18,19). The van der Waals surface area contributed by atoms with Crippen LogP contribution in [0.25, 0.3) is 16.9 Å². The molecule has 0 atom stereocenters. The van der Waals surface area contributed by atoms with Gasteiger partial charge in [-0.25, -0.2) is 14.3 Å². The molecule has 0 amide bonds. The zero-order valence-corrected chi connectivity index (χ0v) is 13.3. The Labute approximate surface area is 140 Å². The number of H-pyrrole nitrogens is 1. The minimum Gasteiger partial charge on any atom is -0.497 e. The summed E-state index contributed by atoms with van der Waals surface area (Å²) in [5, 5.41) is 0. The van der Waals surface area contributed by atoms with E-state index in [0.717, 1.165) is 4.57 Å². The van der Waals surface area contributed by atoms with E-state index in [1.54, 1.807) is 43.5 Å². The van der Waals surface area contributed by atoms with Gasteiger partial charge in [0.15, 0.2) is 5.65 Å². The average Bonchev–Trinajstić information content (AvgIpc) is 3.31. The minimum absolute atomic E-state index is 0.0313. The highest BCUT2D eigenvalue weighted by Gasteiger charge is 2.17. The van der Waals surface area contributed by atoms with Crippen molar-refractivity contribution in [1.29, 1.82) is 0 Å². The molecule has 3 heterocycles. The second-order valence-corrected chi connectivity index (χ2v) is 5.39. The molecule has 0 unspecified atom stereocenters. The predicted molar refractivity (Wildman–Crippen MR) is 90.3 cm³/mol. The molecule has 25 heavy (non-hydrogen) atoms. The summed E-state index contributed by atoms with van der Waals surface area (Å²) in [5.41, 5.74) is 0.102. The number of methoxy groups -OCH3 is 1. The first kappa shape index (κ1) is 15.0. The van der Waals surface area contributed by atoms with E-state index in [4.69, 9.17) is 9.15 Å². The monoisotopic (exact) mass is 338 g/mol. The van der Waals surface area contributed by atoms with Crippen molar-refractivity contribution in [2.45, 2.75) is 6.54 Å². The molecule has 0 radical (unpaired) electrons. The third kappa shape index (κ3) is 2.44. The molecule has 0 aliphatic rings. The first-order valence-electron chi connectivity index (χ1n) is 7.55. The van der Waals surface area contributed by atoms with Crippen LogP contribution in [0.15, 0.2) is 63.0 Å². The Morgan fingerprint density at radius 2 is 2.12 bits per heavy atom. The molecular weight excluding hydrogens is 324 g/mol. The first-order valence-corrected chi connectivity index (χ1v) is 7.55. The van der Waals surface area contributed by atoms with Crippen molar-refractivity contribution < 1.29 is 9.15 Å². The van der Waals surface area contributed by atoms with Crippen molar-refractivity contribution in [3.63, 3.8) is 0 Å². The maximum Gasteiger partial charge on any atom is 0.337 e. The number of hydrogen-bond acceptors (Lipinski definition) is 5. The van der Waals surface area contributed by atoms with Crippen LogP contribution in [0.3, 0.4) is 0 Å². The van der Waals surface area contributed by atoms with Gasteiger partial charge in [0, 0.05) is 6.07 Å². The van der Waals surface area contributed by atoms with Crippen LogP contribution in [0, 0.1) is 0 Å². The van der Waals surface area contributed by atoms with E-state index in [1.807, 2.05) is 0 Å². The number of furan rings is 1. The topological polar surface area (TPSA) is 95.0 Å². The van der Waals surface area contributed by atoms with Crippen LogP contribution in [0.4, 0.5) is 0 Å². The summed E-state index contributed by atoms with van der Waals surface area (Å²) in [6, 6.07) is 10.4. The fourth-order valence-corrected chi connectivity index (χ4v) is 2.73. The van der Waals surface area contributed by atoms with Gasteiger partial charge in [-0.15, -0.1) is 0 Å². The van der Waals surface area contributed by atoms with E-state index in [2.05, 4.69) is 9.97 Å². The molecular formula is C17H14N4O4. The van der Waals surface area contributed by atoms with Crippen LogP contribution in [0.5, 0.6) is 5.75 Å². The number of fused-ring (bicyclic) bond motifs is 1. The van der Waals surface area contributed by atoms with Gasteiger partial charge in [0.25, 0.3) is 5.56 Å². The smallest absolute Gasteiger partial charge is 0.337 e. The third-order valence-electron chi connectivity index (χ3n) is 3.92. The molecule has 0 spiro atoms. The number of rotatable bonds is 4. The SMILES string of the molecule is COc1cccc(-n2c(=O)n(Cc3ccco3)c(=O)c3[nH]cnc32)c1. The average molecular weight is 338 g/mol. The Morgan fingerprint density at radius 1 is 1.24 bits per heavy atom. The van der Waals surface area contributed by atoms with Crippen molar-refractivity contribution >= 4 is 11.2 Å². The van der Waals surface area contributed by atoms with E-state index < -0.39 is 11.2 Å². The molecule has 0 saturated carbocycles. The lowest BCUT2D eigenvalue weighted by atomic mass is 10.3. The van der Waals surface area contributed by atoms with Crippen molar-refractivity contribution in [2.24, 2.45) is 0 Å². The lowest BCUT2D eigenvalue weighted by molar-refractivity contribution is 0.414. The molecule has 0 fully saturated rings. The van der Waals surface area contributed by atoms with Crippen molar-refractivity contribution in [3.8, 4) is 11.4 Å². The Kier molecular flexibility index (Phi) is 3.50. The number of imidazole rings is 1. The fourth-order valence-electron chi connectivity index (χ4n) is 2.73. The van der Waals surface area contributed by atoms with Crippen LogP contribution >= 0.6 is 0 Å². The molecule has 1 aromatic carbocycles. The van der Waals surface area contributed by atoms with Crippen molar-refractivity contribution in [1.82, 2.24) is 19.1 Å². The maximum atomic E-state index is 13.0. The van der Waals surface area contributed by atoms with E-state index in [9.17, 15) is 9.59 Å². The molecule has 0 bridgehead atoms. The summed E-state index contributed by atoms with van der Waals surface area (Å²) in [4.78, 5) is 32.6. The zero-order chi connectivity index (χ0) is 17.4. The Bertz CT molecular complexity index is 1150. The normalized spacial score (nSPS) is 11.1. The highest BCUT2D eigenvalue weighted by molar-refractivity contribution is 5.71. The van der Waals surface area contributed by atoms with Gasteiger partial charge in [-0.05, 0) is 24.3 Å². The van der Waals surface area contributed by atoms with E-state index >= 15 is 0 Å². The second kappa shape index (κ2) is 5.82. The van der Waals surface area contributed by atoms with Gasteiger partial charge >= 0.3 is 5.69 Å². The fraction of sp³-hybridized carbons (Fsp3) is 0.118. The lowest BCUT2D eigenvalue weighted by Crippen LogP contribution is -2.39. The first-order chi connectivity index (χ1) is 12.2. The summed E-state index contributed by atoms with van der Waals surface area (Å²) in [6.45, 7) is 0.0313. The number of nitrogens with zero attached hydrogens (tertiary/aromatic N) is 3. The minimum atomic E-state index is -0.505. The Balaban J connectivity index is 2.02. The lowest BCUT2D eigenvalue weighted by Gasteiger charge is -2.11. The van der Waals surface area contributed by atoms with Crippen LogP contribution in [0.2, 0.25) is 0 Å². The van der Waals surface area contributed by atoms with Gasteiger partial charge in [0.05, 0.1) is 31.9 Å². The highest BCUT2D eigenvalue weighted by Crippen LogP contribution is 2.17. The largest absolute Gasteiger partial charge is 0.497 e. The number of benzene rings is 1. The van der Waals surface area contributed by atoms with Gasteiger partial charge in [-0.1, -0.05) is 6.07 Å². The van der Waals surface area contributed by atoms with Gasteiger partial charge in [0.1, 0.15) is 17.0 Å². The number of hydrogen-bond donors (Lipinski definition) is 1. The summed E-state index contributed by atoms with van der Waals surface area (Å²) in [5.74, 6) is 1.10. The molecule has 4 rings (SSSR count). The molecule has 1 N–H and O–H groups in total. The second-order valence-electron chi connectivity index (χ2n) is 5.39. The van der Waals surface area contributed by atoms with Gasteiger partial charge in [-0.3, -0.25) is 9.36 Å². The molecule has 0 saturated heterocycles. The molecule has 0 aliphatic carbocycles. The maximum absolute atomic E-state index is 13.0. The van der Waals surface area contributed by atoms with Crippen LogP contribution in [-0.4, -0.2) is 26.2 Å². The van der Waals surface area contributed by atoms with Crippen molar-refractivity contribution in [3.05, 3.63) is 75.6 Å². The third-order valence-corrected chi connectivity index (χ3v) is 3.92. The summed E-state index contributed by atoms with van der Waals surface area (Å²) in [7, 11) is 1.55. The zero-order valence-electron chi connectivity index (χ0n) is 13.3. The van der Waals surface area contributed by atoms with E-state index in [1.165, 1.54) is 17.2 Å². The van der Waals surface area contributed by atoms with E-state index in [0.29, 0.717) is 17.2 Å². The molecule has 4 aromatic rings. The number of aromatic nitrogens is 4. The Hall–Kier alpha value is -3.55. The quantitative estimate of drug-likeness (QED) is 0.609. The highest BCUT2D eigenvalue weighted by atomic mass is 16.5. The number of ether oxygens (including phenoxy) is 1. The molecule has 3 aromatic heterocycles. The molecule has 126 valence electrons.